The summed E-state index contributed by atoms with van der Waals surface area (Å²) in [7, 11) is 0. The minimum atomic E-state index is -1.98. The summed E-state index contributed by atoms with van der Waals surface area (Å²) in [5.41, 5.74) is 1.13. The SMILES string of the molecule is C[C@]12CC[C@H]3[C@@H](CCC4=CC(=O)C=C[C@@]43C)[C@@H]1CC[C@@H]2C(O)(O)CO. The fourth-order valence-electron chi connectivity index (χ4n) is 7.07. The first-order chi connectivity index (χ1) is 11.7. The second-order valence-corrected chi connectivity index (χ2v) is 9.31. The van der Waals surface area contributed by atoms with Crippen molar-refractivity contribution in [2.24, 2.45) is 34.5 Å². The van der Waals surface area contributed by atoms with E-state index in [-0.39, 0.29) is 22.5 Å². The summed E-state index contributed by atoms with van der Waals surface area (Å²) in [5.74, 6) is -0.583. The van der Waals surface area contributed by atoms with Crippen LogP contribution in [0.3, 0.4) is 0 Å². The third-order valence-corrected chi connectivity index (χ3v) is 8.35. The van der Waals surface area contributed by atoms with Gasteiger partial charge in [-0.25, -0.2) is 0 Å². The van der Waals surface area contributed by atoms with Gasteiger partial charge in [-0.05, 0) is 73.8 Å². The van der Waals surface area contributed by atoms with Crippen molar-refractivity contribution in [1.82, 2.24) is 0 Å². The Morgan fingerprint density at radius 3 is 2.64 bits per heavy atom. The zero-order valence-electron chi connectivity index (χ0n) is 15.2. The minimum Gasteiger partial charge on any atom is -0.391 e. The van der Waals surface area contributed by atoms with Crippen LogP contribution in [0.2, 0.25) is 0 Å². The van der Waals surface area contributed by atoms with Crippen LogP contribution < -0.4 is 0 Å². The van der Waals surface area contributed by atoms with Crippen molar-refractivity contribution in [3.8, 4) is 0 Å². The molecule has 3 saturated carbocycles. The summed E-state index contributed by atoms with van der Waals surface area (Å²) in [6.07, 6.45) is 11.5. The van der Waals surface area contributed by atoms with Crippen LogP contribution in [-0.2, 0) is 4.79 Å². The molecule has 0 aliphatic heterocycles. The summed E-state index contributed by atoms with van der Waals surface area (Å²) in [5, 5.41) is 30.1. The van der Waals surface area contributed by atoms with Crippen molar-refractivity contribution < 1.29 is 20.1 Å². The Labute approximate surface area is 149 Å². The minimum absolute atomic E-state index is 0.0251. The lowest BCUT2D eigenvalue weighted by Gasteiger charge is -2.57. The largest absolute Gasteiger partial charge is 0.391 e. The second kappa shape index (κ2) is 5.51. The first-order valence-electron chi connectivity index (χ1n) is 9.72. The second-order valence-electron chi connectivity index (χ2n) is 9.31. The van der Waals surface area contributed by atoms with Gasteiger partial charge in [0.25, 0.3) is 0 Å². The molecule has 4 rings (SSSR count). The molecule has 138 valence electrons. The van der Waals surface area contributed by atoms with E-state index in [1.54, 1.807) is 6.08 Å². The maximum absolute atomic E-state index is 11.8. The van der Waals surface area contributed by atoms with Crippen LogP contribution in [0.25, 0.3) is 0 Å². The summed E-state index contributed by atoms with van der Waals surface area (Å²) in [4.78, 5) is 11.8. The van der Waals surface area contributed by atoms with Gasteiger partial charge in [0.2, 0.25) is 0 Å². The lowest BCUT2D eigenvalue weighted by atomic mass is 9.47. The van der Waals surface area contributed by atoms with E-state index < -0.39 is 12.4 Å². The highest BCUT2D eigenvalue weighted by atomic mass is 16.5. The Kier molecular flexibility index (Phi) is 3.85. The smallest absolute Gasteiger partial charge is 0.189 e. The molecule has 0 saturated heterocycles. The average Bonchev–Trinajstić information content (AvgIpc) is 2.93. The number of hydrogen-bond donors (Lipinski definition) is 3. The molecule has 4 nitrogen and oxygen atoms in total. The van der Waals surface area contributed by atoms with Crippen LogP contribution in [0.4, 0.5) is 0 Å². The monoisotopic (exact) mass is 346 g/mol. The van der Waals surface area contributed by atoms with Crippen LogP contribution in [0.1, 0.15) is 52.4 Å². The highest BCUT2D eigenvalue weighted by molar-refractivity contribution is 6.01. The topological polar surface area (TPSA) is 77.8 Å². The Morgan fingerprint density at radius 1 is 1.16 bits per heavy atom. The van der Waals surface area contributed by atoms with E-state index in [0.29, 0.717) is 17.8 Å². The lowest BCUT2D eigenvalue weighted by molar-refractivity contribution is -0.248. The van der Waals surface area contributed by atoms with E-state index in [2.05, 4.69) is 19.9 Å². The fraction of sp³-hybridized carbons (Fsp3) is 0.762. The summed E-state index contributed by atoms with van der Waals surface area (Å²) in [6, 6.07) is 0. The van der Waals surface area contributed by atoms with E-state index in [0.717, 1.165) is 38.5 Å². The maximum Gasteiger partial charge on any atom is 0.189 e. The van der Waals surface area contributed by atoms with Crippen molar-refractivity contribution in [2.75, 3.05) is 6.61 Å². The van der Waals surface area contributed by atoms with Crippen LogP contribution in [0.15, 0.2) is 23.8 Å². The standard InChI is InChI=1S/C21H30O4/c1-19-9-7-14(23)11-13(19)3-4-15-16-5-6-18(21(24,25)12-22)20(16,2)10-8-17(15)19/h7,9,11,15-18,22,24-25H,3-6,8,10,12H2,1-2H3/t15-,16-,17-,18-,19-,20-/m0/s1. The molecule has 0 bridgehead atoms. The van der Waals surface area contributed by atoms with Crippen LogP contribution in [-0.4, -0.2) is 33.5 Å². The molecule has 3 N–H and O–H groups in total. The summed E-state index contributed by atoms with van der Waals surface area (Å²) < 4.78 is 0. The van der Waals surface area contributed by atoms with Crippen molar-refractivity contribution in [3.05, 3.63) is 23.8 Å². The molecule has 6 atom stereocenters. The van der Waals surface area contributed by atoms with Crippen molar-refractivity contribution in [3.63, 3.8) is 0 Å². The molecule has 0 aromatic rings. The predicted molar refractivity (Wildman–Crippen MR) is 94.4 cm³/mol. The molecule has 0 aromatic carbocycles. The number of ketones is 1. The quantitative estimate of drug-likeness (QED) is 0.672. The van der Waals surface area contributed by atoms with Gasteiger partial charge in [-0.15, -0.1) is 0 Å². The molecule has 0 amide bonds. The third-order valence-electron chi connectivity index (χ3n) is 8.35. The van der Waals surface area contributed by atoms with Crippen molar-refractivity contribution in [1.29, 1.82) is 0 Å². The van der Waals surface area contributed by atoms with Gasteiger partial charge in [-0.2, -0.15) is 0 Å². The van der Waals surface area contributed by atoms with Gasteiger partial charge in [0.15, 0.2) is 11.6 Å². The molecule has 4 aliphatic carbocycles. The van der Waals surface area contributed by atoms with Gasteiger partial charge < -0.3 is 15.3 Å². The molecule has 4 heteroatoms. The molecule has 0 heterocycles. The first kappa shape index (κ1) is 17.4. The maximum atomic E-state index is 11.8. The molecule has 4 aliphatic rings. The number of carbonyl (C=O) groups is 1. The number of aliphatic hydroxyl groups is 3. The summed E-state index contributed by atoms with van der Waals surface area (Å²) in [6.45, 7) is 3.89. The predicted octanol–water partition coefficient (Wildman–Crippen LogP) is 2.58. The highest BCUT2D eigenvalue weighted by Crippen LogP contribution is 2.67. The Hall–Kier alpha value is -0.970. The molecule has 25 heavy (non-hydrogen) atoms. The number of rotatable bonds is 2. The zero-order chi connectivity index (χ0) is 18.0. The molecule has 0 spiro atoms. The Morgan fingerprint density at radius 2 is 1.92 bits per heavy atom. The average molecular weight is 346 g/mol. The van der Waals surface area contributed by atoms with Gasteiger partial charge in [-0.1, -0.05) is 25.5 Å². The van der Waals surface area contributed by atoms with Gasteiger partial charge in [-0.3, -0.25) is 4.79 Å². The van der Waals surface area contributed by atoms with E-state index in [1.807, 2.05) is 6.08 Å². The lowest BCUT2D eigenvalue weighted by Crippen LogP contribution is -2.54. The zero-order valence-corrected chi connectivity index (χ0v) is 15.2. The summed E-state index contributed by atoms with van der Waals surface area (Å²) >= 11 is 0. The van der Waals surface area contributed by atoms with E-state index in [4.69, 9.17) is 0 Å². The molecule has 0 radical (unpaired) electrons. The number of fused-ring (bicyclic) bond motifs is 5. The van der Waals surface area contributed by atoms with Crippen LogP contribution >= 0.6 is 0 Å². The normalized spacial score (nSPS) is 46.3. The van der Waals surface area contributed by atoms with Crippen LogP contribution in [0.5, 0.6) is 0 Å². The van der Waals surface area contributed by atoms with Gasteiger partial charge in [0.05, 0.1) is 6.61 Å². The number of carbonyl (C=O) groups excluding carboxylic acids is 1. The van der Waals surface area contributed by atoms with Crippen LogP contribution in [0, 0.1) is 34.5 Å². The number of allylic oxidation sites excluding steroid dienone is 4. The number of aliphatic hydroxyl groups excluding tert-OH is 1. The molecular formula is C21H30O4. The molecule has 0 aromatic heterocycles. The number of hydrogen-bond acceptors (Lipinski definition) is 4. The third kappa shape index (κ3) is 2.34. The van der Waals surface area contributed by atoms with Gasteiger partial charge >= 0.3 is 0 Å². The molecular weight excluding hydrogens is 316 g/mol. The molecule has 0 unspecified atom stereocenters. The fourth-order valence-corrected chi connectivity index (χ4v) is 7.07. The van der Waals surface area contributed by atoms with Crippen molar-refractivity contribution >= 4 is 5.78 Å². The highest BCUT2D eigenvalue weighted by Gasteiger charge is 2.61. The van der Waals surface area contributed by atoms with E-state index >= 15 is 0 Å². The van der Waals surface area contributed by atoms with E-state index in [1.165, 1.54) is 5.57 Å². The van der Waals surface area contributed by atoms with Crippen molar-refractivity contribution in [2.45, 2.75) is 58.2 Å². The first-order valence-corrected chi connectivity index (χ1v) is 9.72. The Bertz CT molecular complexity index is 648. The molecule has 3 fully saturated rings. The van der Waals surface area contributed by atoms with Gasteiger partial charge in [0.1, 0.15) is 0 Å². The van der Waals surface area contributed by atoms with Gasteiger partial charge in [0, 0.05) is 11.3 Å². The van der Waals surface area contributed by atoms with E-state index in [9.17, 15) is 20.1 Å². The Balaban J connectivity index is 1.66.